The van der Waals surface area contributed by atoms with Crippen LogP contribution in [0.1, 0.15) is 135 Å². The molecule has 0 radical (unpaired) electrons. The Morgan fingerprint density at radius 3 is 2.32 bits per heavy atom. The number of esters is 1. The van der Waals surface area contributed by atoms with E-state index < -0.39 is 126 Å². The first-order chi connectivity index (χ1) is 44.0. The second-order valence-electron chi connectivity index (χ2n) is 25.3. The van der Waals surface area contributed by atoms with Crippen LogP contribution in [0.3, 0.4) is 0 Å². The van der Waals surface area contributed by atoms with Gasteiger partial charge >= 0.3 is 12.1 Å². The largest absolute Gasteiger partial charge is 0.484 e. The molecular formula is C67H88ClF3N6O15S. The lowest BCUT2D eigenvalue weighted by atomic mass is 9.78. The fourth-order valence-electron chi connectivity index (χ4n) is 13.0. The number of anilines is 2. The molecule has 3 aromatic rings. The molecule has 3 aliphatic heterocycles. The average molecular weight is 1340 g/mol. The number of amides is 4. The highest BCUT2D eigenvalue weighted by Gasteiger charge is 2.55. The zero-order chi connectivity index (χ0) is 68.1. The fraction of sp³-hybridized carbons (Fsp3) is 0.582. The second kappa shape index (κ2) is 33.3. The molecule has 3 fully saturated rings. The number of thioether (sulfide) groups is 1. The van der Waals surface area contributed by atoms with E-state index in [1.807, 2.05) is 32.9 Å². The number of allylic oxidation sites excluding steroid dienone is 3. The summed E-state index contributed by atoms with van der Waals surface area (Å²) in [6, 6.07) is 7.99. The Kier molecular flexibility index (Phi) is 26.5. The van der Waals surface area contributed by atoms with E-state index in [4.69, 9.17) is 30.5 Å². The third kappa shape index (κ3) is 19.6. The molecule has 4 aliphatic rings. The van der Waals surface area contributed by atoms with E-state index in [9.17, 15) is 67.2 Å². The highest BCUT2D eigenvalue weighted by Crippen LogP contribution is 2.41. The van der Waals surface area contributed by atoms with Gasteiger partial charge in [-0.05, 0) is 162 Å². The summed E-state index contributed by atoms with van der Waals surface area (Å²) in [4.78, 5) is 96.8. The van der Waals surface area contributed by atoms with E-state index >= 15 is 0 Å². The predicted molar refractivity (Wildman–Crippen MR) is 343 cm³/mol. The molecule has 14 atom stereocenters. The van der Waals surface area contributed by atoms with Gasteiger partial charge in [-0.2, -0.15) is 30.0 Å². The Balaban J connectivity index is 0.986. The molecule has 7 rings (SSSR count). The van der Waals surface area contributed by atoms with Crippen molar-refractivity contribution >= 4 is 75.9 Å². The Bertz CT molecular complexity index is 3220. The van der Waals surface area contributed by atoms with Gasteiger partial charge in [-0.1, -0.05) is 63.6 Å². The van der Waals surface area contributed by atoms with Gasteiger partial charge in [0.1, 0.15) is 23.7 Å². The standard InChI is InChI=1S/C67H88ClF3N6O15S/c1-9-57(82)74-46-31-45(68)32-47(33-46)75-63(85)50-35-73-77(61(50)67(69,70)71)48-16-18-49(19-17-48)90-36-58(83)72-21-24-93-23-12-13-44-26-37(2)25-38(3)27-55(81)60-39(4)28-41(6)66(88,92-60)62(84)64(86)76-22-11-10-14-51(76)65(87)91-59(42(7)53(79)34-54(44)80)40(5)29-43-15-20-52(78)56(30-43)89-8/h9,16-19,26,29,31-33,35,38-39,41-44,51-53,55-56,59-60,78-79,81,88H,1,10-15,20-25,27-28,30,34,36H2,2-8H3,(H,72,83)(H,74,82)(H,75,85)/b37-26+,40-29+/t38-,39-,41+,42+,43-,44+,51-,52+,53-,55-,56+,59+,60-,66+/m0/s1. The first kappa shape index (κ1) is 74.0. The number of methoxy groups -OCH3 is 1. The number of aliphatic hydroxyl groups is 4. The van der Waals surface area contributed by atoms with Gasteiger partial charge < -0.3 is 60.2 Å². The number of nitrogens with one attached hydrogen (secondary N) is 3. The summed E-state index contributed by atoms with van der Waals surface area (Å²) in [6.07, 6.45) is -0.826. The molecule has 0 unspecified atom stereocenters. The van der Waals surface area contributed by atoms with Crippen LogP contribution in [-0.4, -0.2) is 163 Å². The molecule has 21 nitrogen and oxygen atoms in total. The summed E-state index contributed by atoms with van der Waals surface area (Å²) >= 11 is 7.66. The van der Waals surface area contributed by atoms with Crippen molar-refractivity contribution in [2.45, 2.75) is 173 Å². The molecule has 4 amide bonds. The summed E-state index contributed by atoms with van der Waals surface area (Å²) in [5, 5.41) is 58.0. The Labute approximate surface area is 549 Å². The van der Waals surface area contributed by atoms with Crippen LogP contribution >= 0.6 is 23.4 Å². The quantitative estimate of drug-likeness (QED) is 0.0205. The molecule has 4 heterocycles. The Morgan fingerprint density at radius 1 is 0.925 bits per heavy atom. The number of carbonyl (C=O) groups is 7. The van der Waals surface area contributed by atoms with Crippen molar-refractivity contribution in [3.05, 3.63) is 101 Å². The smallest absolute Gasteiger partial charge is 0.434 e. The number of Topliss-reactive ketones (excluding diaryl/α,β-unsaturated/α-hetero) is 2. The van der Waals surface area contributed by atoms with Gasteiger partial charge in [0, 0.05) is 66.5 Å². The van der Waals surface area contributed by atoms with Gasteiger partial charge in [0.25, 0.3) is 23.5 Å². The molecule has 93 heavy (non-hydrogen) atoms. The third-order valence-electron chi connectivity index (χ3n) is 17.9. The number of ether oxygens (including phenoxy) is 4. The van der Waals surface area contributed by atoms with E-state index in [0.29, 0.717) is 73.1 Å². The number of hydrogen-bond donors (Lipinski definition) is 7. The molecule has 1 saturated carbocycles. The minimum Gasteiger partial charge on any atom is -0.484 e. The number of aromatic nitrogens is 2. The lowest BCUT2D eigenvalue weighted by Crippen LogP contribution is -2.63. The topological polar surface area (TPSA) is 294 Å². The van der Waals surface area contributed by atoms with Crippen molar-refractivity contribution in [3.8, 4) is 11.4 Å². The normalized spacial score (nSPS) is 29.6. The first-order valence-electron chi connectivity index (χ1n) is 31.7. The number of piperidine rings is 1. The molecular weight excluding hydrogens is 1250 g/mol. The van der Waals surface area contributed by atoms with Gasteiger partial charge in [0.2, 0.25) is 11.7 Å². The van der Waals surface area contributed by atoms with Gasteiger partial charge in [0.05, 0.1) is 48.0 Å². The van der Waals surface area contributed by atoms with Gasteiger partial charge in [-0.3, -0.25) is 28.8 Å². The second-order valence-corrected chi connectivity index (χ2v) is 27.0. The van der Waals surface area contributed by atoms with Gasteiger partial charge in [-0.25, -0.2) is 9.48 Å². The monoisotopic (exact) mass is 1340 g/mol. The van der Waals surface area contributed by atoms with Crippen LogP contribution in [0.5, 0.6) is 5.75 Å². The van der Waals surface area contributed by atoms with Crippen molar-refractivity contribution < 1.29 is 86.1 Å². The SMILES string of the molecule is C=CC(=O)Nc1cc(Cl)cc(NC(=O)c2cnn(-c3ccc(OCC(=O)NCCSCCC[C@@H]4/C=C(\C)C[C@H](C)C[C@H](O)[C@H]5O[C@@](O)(C(=O)C(=O)N6CCCC[C@H]6C(=O)O[C@H](/C(C)=C/[C@@H]6CC[C@@H](O)[C@H](OC)C6)[C@H](C)[C@@H](O)CC4=O)[C@H](C)C[C@@H]5C)cc3)c2C(F)(F)F)c1. The molecule has 2 saturated heterocycles. The number of carbonyl (C=O) groups excluding carboxylic acids is 7. The number of halogens is 4. The maximum absolute atomic E-state index is 14.6. The van der Waals surface area contributed by atoms with Crippen molar-refractivity contribution in [2.24, 2.45) is 35.5 Å². The van der Waals surface area contributed by atoms with Crippen LogP contribution in [0, 0.1) is 35.5 Å². The lowest BCUT2D eigenvalue weighted by molar-refractivity contribution is -0.288. The summed E-state index contributed by atoms with van der Waals surface area (Å²) in [5.41, 5.74) is -0.633. The molecule has 2 aromatic carbocycles. The maximum Gasteiger partial charge on any atom is 0.434 e. The van der Waals surface area contributed by atoms with Gasteiger partial charge in [0.15, 0.2) is 12.3 Å². The van der Waals surface area contributed by atoms with Crippen molar-refractivity contribution in [1.29, 1.82) is 0 Å². The highest BCUT2D eigenvalue weighted by atomic mass is 35.5. The maximum atomic E-state index is 14.6. The number of cyclic esters (lactones) is 1. The van der Waals surface area contributed by atoms with Crippen LogP contribution in [0.4, 0.5) is 24.5 Å². The Hall–Kier alpha value is -6.45. The minimum absolute atomic E-state index is 0.000286. The van der Waals surface area contributed by atoms with E-state index in [1.165, 1.54) is 61.3 Å². The van der Waals surface area contributed by atoms with Crippen LogP contribution in [-0.2, 0) is 49.2 Å². The summed E-state index contributed by atoms with van der Waals surface area (Å²) in [5.74, 6) is -9.88. The van der Waals surface area contributed by atoms with Crippen molar-refractivity contribution in [1.82, 2.24) is 20.0 Å². The number of alkyl halides is 3. The third-order valence-corrected chi connectivity index (χ3v) is 19.2. The van der Waals surface area contributed by atoms with E-state index in [-0.39, 0.29) is 90.1 Å². The summed E-state index contributed by atoms with van der Waals surface area (Å²) < 4.78 is 67.9. The van der Waals surface area contributed by atoms with Crippen LogP contribution in [0.2, 0.25) is 5.02 Å². The molecule has 1 aliphatic carbocycles. The van der Waals surface area contributed by atoms with E-state index in [0.717, 1.165) is 22.7 Å². The average Bonchev–Trinajstić information content (AvgIpc) is 1.70. The van der Waals surface area contributed by atoms with Crippen molar-refractivity contribution in [3.63, 3.8) is 0 Å². The minimum atomic E-state index is -5.04. The molecule has 7 N–H and O–H groups in total. The first-order valence-corrected chi connectivity index (χ1v) is 33.2. The van der Waals surface area contributed by atoms with E-state index in [2.05, 4.69) is 27.6 Å². The molecule has 1 aromatic heterocycles. The summed E-state index contributed by atoms with van der Waals surface area (Å²) in [6.45, 7) is 14.0. The van der Waals surface area contributed by atoms with Crippen LogP contribution in [0.15, 0.2) is 84.6 Å². The Morgan fingerprint density at radius 2 is 1.63 bits per heavy atom. The molecule has 510 valence electrons. The zero-order valence-electron chi connectivity index (χ0n) is 53.6. The number of fused-ring (bicyclic) bond motifs is 3. The van der Waals surface area contributed by atoms with Crippen molar-refractivity contribution in [2.75, 3.05) is 48.9 Å². The van der Waals surface area contributed by atoms with Crippen LogP contribution < -0.4 is 20.7 Å². The number of nitrogens with zero attached hydrogens (tertiary/aromatic N) is 3. The zero-order valence-corrected chi connectivity index (χ0v) is 55.2. The number of benzene rings is 2. The molecule has 26 heteroatoms. The highest BCUT2D eigenvalue weighted by molar-refractivity contribution is 7.99. The molecule has 2 bridgehead atoms. The van der Waals surface area contributed by atoms with Gasteiger partial charge in [-0.15, -0.1) is 0 Å². The van der Waals surface area contributed by atoms with Crippen LogP contribution in [0.25, 0.3) is 5.69 Å². The summed E-state index contributed by atoms with van der Waals surface area (Å²) in [7, 11) is 1.53. The number of rotatable bonds is 18. The number of aliphatic hydroxyl groups excluding tert-OH is 3. The fourth-order valence-corrected chi connectivity index (χ4v) is 14.1. The number of ketones is 2. The lowest BCUT2D eigenvalue weighted by Gasteiger charge is -2.46. The molecule has 0 spiro atoms. The predicted octanol–water partition coefficient (Wildman–Crippen LogP) is 8.97. The number of hydrogen-bond acceptors (Lipinski definition) is 17. The van der Waals surface area contributed by atoms with E-state index in [1.54, 1.807) is 20.8 Å².